The van der Waals surface area contributed by atoms with Crippen molar-refractivity contribution in [2.45, 2.75) is 19.9 Å². The van der Waals surface area contributed by atoms with Crippen molar-refractivity contribution in [2.75, 3.05) is 13.2 Å². The molecule has 0 aliphatic carbocycles. The molecule has 1 aromatic rings. The van der Waals surface area contributed by atoms with E-state index >= 15 is 0 Å². The molecule has 1 aromatic carbocycles. The average molecular weight is 264 g/mol. The maximum Gasteiger partial charge on any atom is 0.258 e. The Morgan fingerprint density at radius 2 is 2.37 bits per heavy atom. The number of nitrogens with zero attached hydrogens (tertiary/aromatic N) is 1. The Balaban J connectivity index is 1.98. The van der Waals surface area contributed by atoms with Crippen molar-refractivity contribution in [3.05, 3.63) is 23.8 Å². The number of carbonyl (C=O) groups excluding carboxylic acids is 1. The van der Waals surface area contributed by atoms with Crippen LogP contribution in [-0.4, -0.2) is 36.1 Å². The molecule has 0 unspecified atom stereocenters. The van der Waals surface area contributed by atoms with E-state index in [0.717, 1.165) is 5.56 Å². The van der Waals surface area contributed by atoms with Crippen molar-refractivity contribution in [3.63, 3.8) is 0 Å². The van der Waals surface area contributed by atoms with Crippen LogP contribution in [0.2, 0.25) is 0 Å². The third kappa shape index (κ3) is 3.15. The maximum absolute atomic E-state index is 11.4. The quantitative estimate of drug-likeness (QED) is 0.631. The van der Waals surface area contributed by atoms with Gasteiger partial charge in [-0.1, -0.05) is 5.16 Å². The molecule has 6 heteroatoms. The first-order valence-electron chi connectivity index (χ1n) is 6.00. The number of amides is 1. The van der Waals surface area contributed by atoms with E-state index < -0.39 is 0 Å². The summed E-state index contributed by atoms with van der Waals surface area (Å²) in [5.74, 6) is 0.959. The van der Waals surface area contributed by atoms with Gasteiger partial charge in [-0.3, -0.25) is 4.79 Å². The number of rotatable bonds is 4. The highest BCUT2D eigenvalue weighted by Crippen LogP contribution is 2.29. The number of ether oxygens (including phenoxy) is 2. The van der Waals surface area contributed by atoms with Crippen LogP contribution in [0.25, 0.3) is 0 Å². The predicted octanol–water partition coefficient (Wildman–Crippen LogP) is 1.16. The summed E-state index contributed by atoms with van der Waals surface area (Å²) in [5, 5.41) is 14.7. The number of nitrogens with one attached hydrogen (secondary N) is 1. The molecule has 1 amide bonds. The minimum atomic E-state index is -0.172. The lowest BCUT2D eigenvalue weighted by Crippen LogP contribution is -2.34. The van der Waals surface area contributed by atoms with Crippen LogP contribution >= 0.6 is 0 Å². The molecule has 6 nitrogen and oxygen atoms in total. The predicted molar refractivity (Wildman–Crippen MR) is 69.0 cm³/mol. The molecule has 1 aliphatic heterocycles. The summed E-state index contributed by atoms with van der Waals surface area (Å²) >= 11 is 0. The highest BCUT2D eigenvalue weighted by atomic mass is 16.5. The van der Waals surface area contributed by atoms with Crippen LogP contribution in [0.3, 0.4) is 0 Å². The van der Waals surface area contributed by atoms with Crippen LogP contribution in [0.15, 0.2) is 23.4 Å². The van der Waals surface area contributed by atoms with Crippen molar-refractivity contribution in [1.82, 2.24) is 5.32 Å². The first-order valence-corrected chi connectivity index (χ1v) is 6.00. The molecule has 19 heavy (non-hydrogen) atoms. The molecule has 0 fully saturated rings. The molecule has 0 saturated heterocycles. The second-order valence-electron chi connectivity index (χ2n) is 4.50. The van der Waals surface area contributed by atoms with Gasteiger partial charge >= 0.3 is 0 Å². The highest BCUT2D eigenvalue weighted by molar-refractivity contribution is 6.06. The van der Waals surface area contributed by atoms with Crippen LogP contribution in [0, 0.1) is 0 Å². The maximum atomic E-state index is 11.4. The van der Waals surface area contributed by atoms with Gasteiger partial charge in [0, 0.05) is 17.7 Å². The molecule has 2 rings (SSSR count). The Morgan fingerprint density at radius 3 is 3.05 bits per heavy atom. The first kappa shape index (κ1) is 13.2. The van der Waals surface area contributed by atoms with Gasteiger partial charge in [-0.15, -0.1) is 0 Å². The normalized spacial score (nSPS) is 15.2. The van der Waals surface area contributed by atoms with Gasteiger partial charge in [0.2, 0.25) is 0 Å². The summed E-state index contributed by atoms with van der Waals surface area (Å²) in [6.07, 6.45) is 0. The van der Waals surface area contributed by atoms with Crippen molar-refractivity contribution >= 4 is 11.6 Å². The number of hydrogen-bond acceptors (Lipinski definition) is 5. The van der Waals surface area contributed by atoms with Gasteiger partial charge in [0.15, 0.2) is 6.61 Å². The number of benzene rings is 1. The average Bonchev–Trinajstić information content (AvgIpc) is 2.77. The fourth-order valence-electron chi connectivity index (χ4n) is 1.77. The topological polar surface area (TPSA) is 80.2 Å². The molecule has 1 heterocycles. The monoisotopic (exact) mass is 264 g/mol. The molecule has 102 valence electrons. The summed E-state index contributed by atoms with van der Waals surface area (Å²) in [7, 11) is 0. The third-order valence-corrected chi connectivity index (χ3v) is 2.57. The Hall–Kier alpha value is -2.24. The van der Waals surface area contributed by atoms with E-state index in [1.807, 2.05) is 13.8 Å². The Kier molecular flexibility index (Phi) is 3.89. The van der Waals surface area contributed by atoms with Gasteiger partial charge in [0.1, 0.15) is 23.8 Å². The van der Waals surface area contributed by atoms with Gasteiger partial charge in [-0.2, -0.15) is 0 Å². The smallest absolute Gasteiger partial charge is 0.258 e. The fourth-order valence-corrected chi connectivity index (χ4v) is 1.77. The molecular formula is C13H16N2O4. The summed E-state index contributed by atoms with van der Waals surface area (Å²) in [6.45, 7) is 3.97. The SMILES string of the molecule is CC(C)NC(=O)COc1ccc2c(c1)OCC2=NO. The molecule has 0 spiro atoms. The number of carbonyl (C=O) groups is 1. The molecule has 0 aromatic heterocycles. The lowest BCUT2D eigenvalue weighted by molar-refractivity contribution is -0.123. The van der Waals surface area contributed by atoms with Gasteiger partial charge in [-0.25, -0.2) is 0 Å². The Bertz CT molecular complexity index is 511. The third-order valence-electron chi connectivity index (χ3n) is 2.57. The van der Waals surface area contributed by atoms with E-state index in [1.54, 1.807) is 18.2 Å². The van der Waals surface area contributed by atoms with Crippen molar-refractivity contribution in [2.24, 2.45) is 5.16 Å². The summed E-state index contributed by atoms with van der Waals surface area (Å²) in [5.41, 5.74) is 1.22. The lowest BCUT2D eigenvalue weighted by atomic mass is 10.1. The van der Waals surface area contributed by atoms with E-state index in [9.17, 15) is 4.79 Å². The summed E-state index contributed by atoms with van der Waals surface area (Å²) < 4.78 is 10.7. The second-order valence-corrected chi connectivity index (χ2v) is 4.50. The van der Waals surface area contributed by atoms with Gasteiger partial charge in [0.05, 0.1) is 0 Å². The number of fused-ring (bicyclic) bond motifs is 1. The minimum Gasteiger partial charge on any atom is -0.486 e. The molecule has 2 N–H and O–H groups in total. The molecule has 0 radical (unpaired) electrons. The summed E-state index contributed by atoms with van der Waals surface area (Å²) in [6, 6.07) is 5.22. The van der Waals surface area contributed by atoms with E-state index in [-0.39, 0.29) is 25.2 Å². The van der Waals surface area contributed by atoms with E-state index in [2.05, 4.69) is 10.5 Å². The minimum absolute atomic E-state index is 0.0437. The van der Waals surface area contributed by atoms with Gasteiger partial charge < -0.3 is 20.0 Å². The van der Waals surface area contributed by atoms with Crippen LogP contribution in [-0.2, 0) is 4.79 Å². The number of oxime groups is 1. The Morgan fingerprint density at radius 1 is 1.58 bits per heavy atom. The molecule has 0 saturated carbocycles. The van der Waals surface area contributed by atoms with Crippen LogP contribution in [0.4, 0.5) is 0 Å². The zero-order valence-electron chi connectivity index (χ0n) is 10.8. The van der Waals surface area contributed by atoms with Crippen molar-refractivity contribution < 1.29 is 19.5 Å². The lowest BCUT2D eigenvalue weighted by Gasteiger charge is -2.10. The van der Waals surface area contributed by atoms with Crippen molar-refractivity contribution in [3.8, 4) is 11.5 Å². The largest absolute Gasteiger partial charge is 0.486 e. The number of hydrogen-bond donors (Lipinski definition) is 2. The molecule has 1 aliphatic rings. The standard InChI is InChI=1S/C13H16N2O4/c1-8(2)14-13(16)7-18-9-3-4-10-11(15-17)6-19-12(10)5-9/h3-5,8,17H,6-7H2,1-2H3,(H,14,16). The van der Waals surface area contributed by atoms with Crippen LogP contribution < -0.4 is 14.8 Å². The Labute approximate surface area is 111 Å². The van der Waals surface area contributed by atoms with Gasteiger partial charge in [0.25, 0.3) is 5.91 Å². The van der Waals surface area contributed by atoms with E-state index in [1.165, 1.54) is 0 Å². The summed E-state index contributed by atoms with van der Waals surface area (Å²) in [4.78, 5) is 11.4. The zero-order valence-corrected chi connectivity index (χ0v) is 10.8. The van der Waals surface area contributed by atoms with E-state index in [0.29, 0.717) is 17.2 Å². The fraction of sp³-hybridized carbons (Fsp3) is 0.385. The molecule has 0 bridgehead atoms. The first-order chi connectivity index (χ1) is 9.10. The molecule has 0 atom stereocenters. The molecular weight excluding hydrogens is 248 g/mol. The highest BCUT2D eigenvalue weighted by Gasteiger charge is 2.20. The van der Waals surface area contributed by atoms with Crippen LogP contribution in [0.5, 0.6) is 11.5 Å². The zero-order chi connectivity index (χ0) is 13.8. The van der Waals surface area contributed by atoms with Gasteiger partial charge in [-0.05, 0) is 26.0 Å². The van der Waals surface area contributed by atoms with Crippen LogP contribution in [0.1, 0.15) is 19.4 Å². The van der Waals surface area contributed by atoms with Crippen molar-refractivity contribution in [1.29, 1.82) is 0 Å². The second kappa shape index (κ2) is 5.60. The van der Waals surface area contributed by atoms with E-state index in [4.69, 9.17) is 14.7 Å².